The van der Waals surface area contributed by atoms with Crippen molar-refractivity contribution in [2.45, 2.75) is 6.42 Å². The average Bonchev–Trinajstić information content (AvgIpc) is 2.00. The average molecular weight is 209 g/mol. The van der Waals surface area contributed by atoms with E-state index in [-0.39, 0.29) is 23.8 Å². The zero-order chi connectivity index (χ0) is 10.5. The predicted octanol–water partition coefficient (Wildman–Crippen LogP) is -1.13. The Balaban J connectivity index is 3.96. The van der Waals surface area contributed by atoms with E-state index >= 15 is 0 Å². The lowest BCUT2D eigenvalue weighted by Gasteiger charge is -2.09. The number of aliphatic hydroxyl groups excluding tert-OH is 1. The van der Waals surface area contributed by atoms with Crippen LogP contribution in [0.4, 0.5) is 0 Å². The van der Waals surface area contributed by atoms with E-state index in [1.54, 1.807) is 14.1 Å². The van der Waals surface area contributed by atoms with E-state index in [2.05, 4.69) is 0 Å². The second-order valence-corrected chi connectivity index (χ2v) is 5.22. The van der Waals surface area contributed by atoms with Crippen LogP contribution in [-0.4, -0.2) is 56.5 Å². The number of amides is 1. The Morgan fingerprint density at radius 2 is 1.85 bits per heavy atom. The van der Waals surface area contributed by atoms with Gasteiger partial charge < -0.3 is 10.0 Å². The van der Waals surface area contributed by atoms with Crippen molar-refractivity contribution in [3.8, 4) is 0 Å². The quantitative estimate of drug-likeness (QED) is 0.622. The Bertz CT molecular complexity index is 258. The number of sulfone groups is 1. The summed E-state index contributed by atoms with van der Waals surface area (Å²) in [5.41, 5.74) is 0. The Morgan fingerprint density at radius 1 is 1.31 bits per heavy atom. The largest absolute Gasteiger partial charge is 0.395 e. The van der Waals surface area contributed by atoms with Crippen LogP contribution >= 0.6 is 0 Å². The van der Waals surface area contributed by atoms with E-state index in [9.17, 15) is 13.2 Å². The van der Waals surface area contributed by atoms with Crippen LogP contribution in [0, 0.1) is 0 Å². The summed E-state index contributed by atoms with van der Waals surface area (Å²) in [4.78, 5) is 12.3. The number of hydrogen-bond donors (Lipinski definition) is 1. The summed E-state index contributed by atoms with van der Waals surface area (Å²) in [7, 11) is -0.117. The van der Waals surface area contributed by atoms with Crippen LogP contribution in [0.1, 0.15) is 6.42 Å². The molecule has 0 aromatic heterocycles. The van der Waals surface area contributed by atoms with Crippen molar-refractivity contribution in [1.82, 2.24) is 4.90 Å². The van der Waals surface area contributed by atoms with Crippen molar-refractivity contribution in [2.24, 2.45) is 0 Å². The molecular weight excluding hydrogens is 194 g/mol. The lowest BCUT2D eigenvalue weighted by molar-refractivity contribution is -0.128. The standard InChI is InChI=1S/C7H15NO4S/c1-8(2)7(10)3-5-13(11,12)6-4-9/h9H,3-6H2,1-2H3. The number of nitrogens with zero attached hydrogens (tertiary/aromatic N) is 1. The molecule has 0 rings (SSSR count). The van der Waals surface area contributed by atoms with Gasteiger partial charge in [-0.3, -0.25) is 4.79 Å². The van der Waals surface area contributed by atoms with Crippen molar-refractivity contribution in [1.29, 1.82) is 0 Å². The van der Waals surface area contributed by atoms with Gasteiger partial charge in [0.1, 0.15) is 0 Å². The Kier molecular flexibility index (Phi) is 4.94. The molecule has 1 N–H and O–H groups in total. The summed E-state index contributed by atoms with van der Waals surface area (Å²) < 4.78 is 22.1. The molecule has 0 aromatic rings. The van der Waals surface area contributed by atoms with Gasteiger partial charge in [0.05, 0.1) is 18.1 Å². The lowest BCUT2D eigenvalue weighted by atomic mass is 10.4. The van der Waals surface area contributed by atoms with Gasteiger partial charge >= 0.3 is 0 Å². The fourth-order valence-electron chi connectivity index (χ4n) is 0.708. The summed E-state index contributed by atoms with van der Waals surface area (Å²) in [5, 5.41) is 8.40. The summed E-state index contributed by atoms with van der Waals surface area (Å²) in [6.45, 7) is -0.390. The van der Waals surface area contributed by atoms with Crippen molar-refractivity contribution < 1.29 is 18.3 Å². The molecule has 0 heterocycles. The van der Waals surface area contributed by atoms with Gasteiger partial charge in [0, 0.05) is 20.5 Å². The minimum absolute atomic E-state index is 0.0185. The van der Waals surface area contributed by atoms with E-state index in [1.165, 1.54) is 4.90 Å². The first kappa shape index (κ1) is 12.4. The van der Waals surface area contributed by atoms with E-state index in [4.69, 9.17) is 5.11 Å². The maximum absolute atomic E-state index is 11.0. The van der Waals surface area contributed by atoms with E-state index in [0.29, 0.717) is 0 Å². The summed E-state index contributed by atoms with van der Waals surface area (Å²) >= 11 is 0. The SMILES string of the molecule is CN(C)C(=O)CCS(=O)(=O)CCO. The predicted molar refractivity (Wildman–Crippen MR) is 49.1 cm³/mol. The molecule has 6 heteroatoms. The number of carbonyl (C=O) groups is 1. The monoisotopic (exact) mass is 209 g/mol. The maximum atomic E-state index is 11.0. The molecule has 13 heavy (non-hydrogen) atoms. The number of rotatable bonds is 5. The van der Waals surface area contributed by atoms with Crippen LogP contribution in [0.3, 0.4) is 0 Å². The van der Waals surface area contributed by atoms with Gasteiger partial charge in [0.25, 0.3) is 0 Å². The molecule has 0 aliphatic heterocycles. The normalized spacial score (nSPS) is 11.3. The third-order valence-corrected chi connectivity index (χ3v) is 3.16. The zero-order valence-electron chi connectivity index (χ0n) is 7.86. The Labute approximate surface area is 78.3 Å². The molecule has 0 fully saturated rings. The van der Waals surface area contributed by atoms with Crippen molar-refractivity contribution in [3.63, 3.8) is 0 Å². The minimum Gasteiger partial charge on any atom is -0.395 e. The van der Waals surface area contributed by atoms with Crippen molar-refractivity contribution in [3.05, 3.63) is 0 Å². The van der Waals surface area contributed by atoms with Gasteiger partial charge in [0.15, 0.2) is 9.84 Å². The van der Waals surface area contributed by atoms with E-state index < -0.39 is 16.4 Å². The Hall–Kier alpha value is -0.620. The first-order chi connectivity index (χ1) is 5.89. The second-order valence-electron chi connectivity index (χ2n) is 2.91. The minimum atomic E-state index is -3.26. The van der Waals surface area contributed by atoms with E-state index in [0.717, 1.165) is 0 Å². The van der Waals surface area contributed by atoms with Crippen LogP contribution < -0.4 is 0 Å². The smallest absolute Gasteiger partial charge is 0.223 e. The van der Waals surface area contributed by atoms with Crippen LogP contribution in [0.25, 0.3) is 0 Å². The highest BCUT2D eigenvalue weighted by molar-refractivity contribution is 7.91. The number of aliphatic hydroxyl groups is 1. The van der Waals surface area contributed by atoms with Gasteiger partial charge in [-0.15, -0.1) is 0 Å². The highest BCUT2D eigenvalue weighted by Crippen LogP contribution is 1.95. The van der Waals surface area contributed by atoms with Gasteiger partial charge in [0.2, 0.25) is 5.91 Å². The van der Waals surface area contributed by atoms with Crippen molar-refractivity contribution >= 4 is 15.7 Å². The molecule has 0 spiro atoms. The molecular formula is C7H15NO4S. The highest BCUT2D eigenvalue weighted by Gasteiger charge is 2.13. The summed E-state index contributed by atoms with van der Waals surface area (Å²) in [6.07, 6.45) is -0.0185. The molecule has 0 atom stereocenters. The fraction of sp³-hybridized carbons (Fsp3) is 0.857. The molecule has 0 bridgehead atoms. The van der Waals surface area contributed by atoms with Crippen LogP contribution in [0.2, 0.25) is 0 Å². The molecule has 0 saturated carbocycles. The first-order valence-corrected chi connectivity index (χ1v) is 5.72. The lowest BCUT2D eigenvalue weighted by Crippen LogP contribution is -2.25. The van der Waals surface area contributed by atoms with Gasteiger partial charge in [-0.05, 0) is 0 Å². The zero-order valence-corrected chi connectivity index (χ0v) is 8.67. The molecule has 0 saturated heterocycles. The van der Waals surface area contributed by atoms with Crippen LogP contribution in [0.5, 0.6) is 0 Å². The molecule has 0 radical (unpaired) electrons. The fourth-order valence-corrected chi connectivity index (χ4v) is 1.68. The second kappa shape index (κ2) is 5.18. The summed E-state index contributed by atoms with van der Waals surface area (Å²) in [5.74, 6) is -0.681. The first-order valence-electron chi connectivity index (χ1n) is 3.90. The molecule has 1 amide bonds. The number of carbonyl (C=O) groups excluding carboxylic acids is 1. The van der Waals surface area contributed by atoms with Crippen molar-refractivity contribution in [2.75, 3.05) is 32.2 Å². The van der Waals surface area contributed by atoms with Crippen LogP contribution in [0.15, 0.2) is 0 Å². The summed E-state index contributed by atoms with van der Waals surface area (Å²) in [6, 6.07) is 0. The third-order valence-electron chi connectivity index (χ3n) is 1.53. The third kappa shape index (κ3) is 5.59. The van der Waals surface area contributed by atoms with Gasteiger partial charge in [-0.25, -0.2) is 8.42 Å². The highest BCUT2D eigenvalue weighted by atomic mass is 32.2. The molecule has 0 aromatic carbocycles. The molecule has 0 unspecified atom stereocenters. The molecule has 0 aliphatic rings. The molecule has 5 nitrogen and oxygen atoms in total. The van der Waals surface area contributed by atoms with Gasteiger partial charge in [-0.1, -0.05) is 0 Å². The molecule has 0 aliphatic carbocycles. The Morgan fingerprint density at radius 3 is 2.23 bits per heavy atom. The topological polar surface area (TPSA) is 74.7 Å². The van der Waals surface area contributed by atoms with Crippen LogP contribution in [-0.2, 0) is 14.6 Å². The number of hydrogen-bond acceptors (Lipinski definition) is 4. The molecule has 78 valence electrons. The van der Waals surface area contributed by atoms with Gasteiger partial charge in [-0.2, -0.15) is 0 Å². The van der Waals surface area contributed by atoms with E-state index in [1.807, 2.05) is 0 Å². The maximum Gasteiger partial charge on any atom is 0.223 e.